The normalized spacial score (nSPS) is 20.8. The van der Waals surface area contributed by atoms with Gasteiger partial charge in [0.25, 0.3) is 10.0 Å². The second-order valence-electron chi connectivity index (χ2n) is 4.39. The van der Waals surface area contributed by atoms with E-state index in [2.05, 4.69) is 10.2 Å². The Kier molecular flexibility index (Phi) is 3.88. The van der Waals surface area contributed by atoms with Crippen LogP contribution in [0.15, 0.2) is 11.2 Å². The van der Waals surface area contributed by atoms with Gasteiger partial charge in [0.2, 0.25) is 0 Å². The van der Waals surface area contributed by atoms with E-state index in [4.69, 9.17) is 9.84 Å². The summed E-state index contributed by atoms with van der Waals surface area (Å²) in [4.78, 5) is 10.9. The maximum absolute atomic E-state index is 12.3. The highest BCUT2D eigenvalue weighted by Crippen LogP contribution is 2.25. The summed E-state index contributed by atoms with van der Waals surface area (Å²) in [5, 5.41) is 14.3. The Morgan fingerprint density at radius 3 is 3.05 bits per heavy atom. The number of ether oxygens (including phenoxy) is 1. The number of H-pyrrole nitrogens is 1. The number of nitrogens with one attached hydrogen (secondary N) is 1. The van der Waals surface area contributed by atoms with Crippen LogP contribution in [0, 0.1) is 5.92 Å². The summed E-state index contributed by atoms with van der Waals surface area (Å²) in [6.07, 6.45) is 1.70. The minimum atomic E-state index is -3.84. The molecule has 1 aromatic heterocycles. The van der Waals surface area contributed by atoms with Gasteiger partial charge in [0.1, 0.15) is 5.56 Å². The number of sulfonamides is 1. The first-order valence-electron chi connectivity index (χ1n) is 5.72. The number of hydrogen-bond donors (Lipinski definition) is 2. The van der Waals surface area contributed by atoms with Crippen LogP contribution in [-0.2, 0) is 14.8 Å². The zero-order valence-electron chi connectivity index (χ0n) is 10.4. The first-order valence-corrected chi connectivity index (χ1v) is 7.16. The lowest BCUT2D eigenvalue weighted by Crippen LogP contribution is -2.30. The zero-order chi connectivity index (χ0) is 14.0. The van der Waals surface area contributed by atoms with Crippen molar-refractivity contribution in [3.05, 3.63) is 11.8 Å². The molecule has 0 bridgehead atoms. The highest BCUT2D eigenvalue weighted by Gasteiger charge is 2.36. The molecule has 9 heteroatoms. The predicted octanol–water partition coefficient (Wildman–Crippen LogP) is -0.235. The highest BCUT2D eigenvalue weighted by atomic mass is 32.2. The minimum absolute atomic E-state index is 0.135. The van der Waals surface area contributed by atoms with E-state index in [0.29, 0.717) is 26.1 Å². The van der Waals surface area contributed by atoms with E-state index in [9.17, 15) is 13.2 Å². The maximum atomic E-state index is 12.3. The lowest BCUT2D eigenvalue weighted by atomic mass is 10.1. The number of methoxy groups -OCH3 is 1. The van der Waals surface area contributed by atoms with Crippen LogP contribution < -0.4 is 0 Å². The van der Waals surface area contributed by atoms with Crippen molar-refractivity contribution in [3.8, 4) is 0 Å². The number of hydrogen-bond acceptors (Lipinski definition) is 5. The molecule has 1 aliphatic heterocycles. The second kappa shape index (κ2) is 5.27. The summed E-state index contributed by atoms with van der Waals surface area (Å²) in [6, 6.07) is 0. The van der Waals surface area contributed by atoms with Crippen LogP contribution in [-0.4, -0.2) is 60.8 Å². The molecule has 1 aromatic rings. The van der Waals surface area contributed by atoms with Crippen LogP contribution in [0.5, 0.6) is 0 Å². The molecule has 0 radical (unpaired) electrons. The molecule has 1 aliphatic rings. The summed E-state index contributed by atoms with van der Waals surface area (Å²) in [7, 11) is -2.28. The SMILES string of the molecule is COCC1CCN(S(=O)(=O)c2[nH]ncc2C(=O)O)C1. The Morgan fingerprint density at radius 2 is 2.42 bits per heavy atom. The molecule has 2 heterocycles. The summed E-state index contributed by atoms with van der Waals surface area (Å²) in [5.41, 5.74) is -0.338. The Balaban J connectivity index is 2.24. The number of carboxylic acid groups (broad SMARTS) is 1. The Labute approximate surface area is 110 Å². The molecule has 0 aliphatic carbocycles. The number of carboxylic acids is 1. The van der Waals surface area contributed by atoms with Crippen molar-refractivity contribution >= 4 is 16.0 Å². The summed E-state index contributed by atoms with van der Waals surface area (Å²) < 4.78 is 30.9. The van der Waals surface area contributed by atoms with Crippen LogP contribution in [0.2, 0.25) is 0 Å². The first kappa shape index (κ1) is 14.0. The molecule has 0 aromatic carbocycles. The topological polar surface area (TPSA) is 113 Å². The van der Waals surface area contributed by atoms with Crippen LogP contribution in [0.4, 0.5) is 0 Å². The van der Waals surface area contributed by atoms with E-state index in [1.807, 2.05) is 0 Å². The standard InChI is InChI=1S/C10H15N3O5S/c1-18-6-7-2-3-13(5-7)19(16,17)9-8(10(14)15)4-11-12-9/h4,7H,2-3,5-6H2,1H3,(H,11,12)(H,14,15). The number of carbonyl (C=O) groups is 1. The van der Waals surface area contributed by atoms with Gasteiger partial charge in [0.15, 0.2) is 5.03 Å². The summed E-state index contributed by atoms with van der Waals surface area (Å²) in [5.74, 6) is -1.18. The van der Waals surface area contributed by atoms with E-state index < -0.39 is 16.0 Å². The van der Waals surface area contributed by atoms with E-state index in [-0.39, 0.29) is 16.5 Å². The molecule has 0 spiro atoms. The van der Waals surface area contributed by atoms with Crippen molar-refractivity contribution in [2.45, 2.75) is 11.4 Å². The van der Waals surface area contributed by atoms with Gasteiger partial charge >= 0.3 is 5.97 Å². The van der Waals surface area contributed by atoms with Crippen molar-refractivity contribution in [1.82, 2.24) is 14.5 Å². The third-order valence-corrected chi connectivity index (χ3v) is 4.92. The molecule has 1 unspecified atom stereocenters. The quantitative estimate of drug-likeness (QED) is 0.774. The first-order chi connectivity index (χ1) is 8.96. The number of nitrogens with zero attached hydrogens (tertiary/aromatic N) is 2. The fraction of sp³-hybridized carbons (Fsp3) is 0.600. The Morgan fingerprint density at radius 1 is 1.68 bits per heavy atom. The molecule has 1 saturated heterocycles. The maximum Gasteiger partial charge on any atom is 0.340 e. The summed E-state index contributed by atoms with van der Waals surface area (Å²) >= 11 is 0. The summed E-state index contributed by atoms with van der Waals surface area (Å²) in [6.45, 7) is 1.17. The number of rotatable bonds is 5. The van der Waals surface area contributed by atoms with Crippen LogP contribution >= 0.6 is 0 Å². The lowest BCUT2D eigenvalue weighted by Gasteiger charge is -2.15. The van der Waals surface area contributed by atoms with Gasteiger partial charge in [-0.2, -0.15) is 9.40 Å². The van der Waals surface area contributed by atoms with Gasteiger partial charge in [0.05, 0.1) is 12.8 Å². The monoisotopic (exact) mass is 289 g/mol. The van der Waals surface area contributed by atoms with E-state index in [1.54, 1.807) is 7.11 Å². The Bertz CT molecular complexity index is 567. The van der Waals surface area contributed by atoms with Gasteiger partial charge in [-0.15, -0.1) is 0 Å². The molecule has 19 heavy (non-hydrogen) atoms. The average molecular weight is 289 g/mol. The van der Waals surface area contributed by atoms with Gasteiger partial charge in [-0.1, -0.05) is 0 Å². The highest BCUT2D eigenvalue weighted by molar-refractivity contribution is 7.89. The largest absolute Gasteiger partial charge is 0.478 e. The fourth-order valence-corrected chi connectivity index (χ4v) is 3.74. The smallest absolute Gasteiger partial charge is 0.340 e. The van der Waals surface area contributed by atoms with Gasteiger partial charge in [-0.3, -0.25) is 5.10 Å². The van der Waals surface area contributed by atoms with Crippen LogP contribution in [0.1, 0.15) is 16.8 Å². The van der Waals surface area contributed by atoms with Crippen molar-refractivity contribution in [2.75, 3.05) is 26.8 Å². The van der Waals surface area contributed by atoms with Gasteiger partial charge in [-0.25, -0.2) is 13.2 Å². The van der Waals surface area contributed by atoms with Gasteiger partial charge in [-0.05, 0) is 12.3 Å². The molecule has 106 valence electrons. The van der Waals surface area contributed by atoms with Crippen molar-refractivity contribution < 1.29 is 23.1 Å². The average Bonchev–Trinajstić information content (AvgIpc) is 2.97. The Hall–Kier alpha value is -1.45. The van der Waals surface area contributed by atoms with Crippen molar-refractivity contribution in [3.63, 3.8) is 0 Å². The van der Waals surface area contributed by atoms with E-state index >= 15 is 0 Å². The molecule has 0 saturated carbocycles. The predicted molar refractivity (Wildman–Crippen MR) is 64.3 cm³/mol. The van der Waals surface area contributed by atoms with Gasteiger partial charge < -0.3 is 9.84 Å². The molecule has 1 atom stereocenters. The van der Waals surface area contributed by atoms with E-state index in [0.717, 1.165) is 6.20 Å². The molecule has 1 fully saturated rings. The zero-order valence-corrected chi connectivity index (χ0v) is 11.2. The van der Waals surface area contributed by atoms with Gasteiger partial charge in [0, 0.05) is 20.2 Å². The molecule has 2 rings (SSSR count). The molecule has 8 nitrogen and oxygen atoms in total. The van der Waals surface area contributed by atoms with Crippen molar-refractivity contribution in [2.24, 2.45) is 5.92 Å². The van der Waals surface area contributed by atoms with Crippen molar-refractivity contribution in [1.29, 1.82) is 0 Å². The molecular weight excluding hydrogens is 274 g/mol. The second-order valence-corrected chi connectivity index (χ2v) is 6.27. The number of aromatic amines is 1. The van der Waals surface area contributed by atoms with Crippen LogP contribution in [0.25, 0.3) is 0 Å². The fourth-order valence-electron chi connectivity index (χ4n) is 2.14. The third kappa shape index (κ3) is 2.62. The third-order valence-electron chi connectivity index (χ3n) is 3.08. The molecule has 0 amide bonds. The number of aromatic nitrogens is 2. The lowest BCUT2D eigenvalue weighted by molar-refractivity contribution is 0.0692. The number of aromatic carboxylic acids is 1. The van der Waals surface area contributed by atoms with Crippen LogP contribution in [0.3, 0.4) is 0 Å². The molecule has 2 N–H and O–H groups in total. The molecular formula is C10H15N3O5S. The minimum Gasteiger partial charge on any atom is -0.478 e. The van der Waals surface area contributed by atoms with E-state index in [1.165, 1.54) is 4.31 Å².